The van der Waals surface area contributed by atoms with E-state index in [9.17, 15) is 0 Å². The maximum atomic E-state index is 6.92. The molecule has 4 aromatic carbocycles. The Bertz CT molecular complexity index is 1550. The second-order valence-corrected chi connectivity index (χ2v) is 11.2. The van der Waals surface area contributed by atoms with Gasteiger partial charge in [0.05, 0.1) is 39.3 Å². The molecular formula is C39H40O7. The van der Waals surface area contributed by atoms with Crippen molar-refractivity contribution in [1.82, 2.24) is 0 Å². The first-order valence-electron chi connectivity index (χ1n) is 15.6. The van der Waals surface area contributed by atoms with E-state index in [4.69, 9.17) is 32.8 Å². The van der Waals surface area contributed by atoms with Gasteiger partial charge in [-0.25, -0.2) is 0 Å². The molecular weight excluding hydrogens is 580 g/mol. The summed E-state index contributed by atoms with van der Waals surface area (Å²) in [5.41, 5.74) is 4.12. The van der Waals surface area contributed by atoms with Crippen LogP contribution in [0.4, 0.5) is 0 Å². The first-order chi connectivity index (χ1) is 22.7. The van der Waals surface area contributed by atoms with Crippen molar-refractivity contribution in [2.24, 2.45) is 0 Å². The summed E-state index contributed by atoms with van der Waals surface area (Å²) in [6, 6.07) is 43.8. The maximum Gasteiger partial charge on any atom is 0.258 e. The van der Waals surface area contributed by atoms with Crippen molar-refractivity contribution < 1.29 is 32.8 Å². The van der Waals surface area contributed by atoms with Crippen LogP contribution in [0.1, 0.15) is 28.0 Å². The zero-order valence-electron chi connectivity index (χ0n) is 26.0. The Labute approximate surface area is 270 Å². The molecule has 0 saturated carbocycles. The molecule has 1 aliphatic heterocycles. The van der Waals surface area contributed by atoms with Gasteiger partial charge in [-0.2, -0.15) is 0 Å². The Hall–Kier alpha value is -4.08. The lowest BCUT2D eigenvalue weighted by atomic mass is 9.90. The molecule has 5 atom stereocenters. The molecule has 6 rings (SSSR count). The average Bonchev–Trinajstić information content (AvgIpc) is 3.67. The van der Waals surface area contributed by atoms with Crippen molar-refractivity contribution in [1.29, 1.82) is 0 Å². The number of hydrogen-bond acceptors (Lipinski definition) is 7. The highest BCUT2D eigenvalue weighted by Crippen LogP contribution is 2.44. The summed E-state index contributed by atoms with van der Waals surface area (Å²) >= 11 is 0. The highest BCUT2D eigenvalue weighted by molar-refractivity contribution is 5.19. The average molecular weight is 621 g/mol. The second-order valence-electron chi connectivity index (χ2n) is 11.2. The van der Waals surface area contributed by atoms with Gasteiger partial charge < -0.3 is 32.8 Å². The van der Waals surface area contributed by atoms with E-state index in [-0.39, 0.29) is 6.61 Å². The van der Waals surface area contributed by atoms with Gasteiger partial charge >= 0.3 is 0 Å². The monoisotopic (exact) mass is 620 g/mol. The number of ether oxygens (including phenoxy) is 6. The lowest BCUT2D eigenvalue weighted by Gasteiger charge is -2.50. The molecule has 238 valence electrons. The summed E-state index contributed by atoms with van der Waals surface area (Å²) in [7, 11) is 1.60. The van der Waals surface area contributed by atoms with Crippen molar-refractivity contribution in [2.75, 3.05) is 13.7 Å². The van der Waals surface area contributed by atoms with Gasteiger partial charge in [-0.3, -0.25) is 0 Å². The normalized spacial score (nSPS) is 22.9. The Kier molecular flexibility index (Phi) is 11.1. The van der Waals surface area contributed by atoms with Gasteiger partial charge in [0.15, 0.2) is 5.76 Å². The maximum absolute atomic E-state index is 6.92. The minimum absolute atomic E-state index is 0.219. The van der Waals surface area contributed by atoms with Gasteiger partial charge in [0.1, 0.15) is 24.4 Å². The molecule has 0 bridgehead atoms. The van der Waals surface area contributed by atoms with Crippen LogP contribution in [0, 0.1) is 0 Å². The molecule has 0 unspecified atom stereocenters. The summed E-state index contributed by atoms with van der Waals surface area (Å²) in [4.78, 5) is 0. The Morgan fingerprint density at radius 1 is 0.543 bits per heavy atom. The Balaban J connectivity index is 1.37. The van der Waals surface area contributed by atoms with Crippen LogP contribution in [-0.4, -0.2) is 38.1 Å². The first-order valence-corrected chi connectivity index (χ1v) is 15.6. The minimum Gasteiger partial charge on any atom is -0.463 e. The molecule has 0 N–H and O–H groups in total. The van der Waals surface area contributed by atoms with E-state index in [1.54, 1.807) is 13.4 Å². The summed E-state index contributed by atoms with van der Waals surface area (Å²) in [6.45, 7) is 1.61. The van der Waals surface area contributed by atoms with Crippen molar-refractivity contribution in [3.8, 4) is 0 Å². The van der Waals surface area contributed by atoms with Gasteiger partial charge in [0.2, 0.25) is 0 Å². The standard InChI is InChI=1S/C39H40O7/c1-40-39(35-23-14-24-42-35)38(45-28-33-21-12-5-13-22-33)37(44-27-32-19-10-4-11-20-32)36(43-26-31-17-8-3-9-18-31)34(46-39)29-41-25-30-15-6-2-7-16-30/h2-24,34,36-38H,25-29H2,1H3/t34-,36-,37+,38+,39+/m1/s1. The van der Waals surface area contributed by atoms with Gasteiger partial charge in [0, 0.05) is 7.11 Å². The molecule has 2 heterocycles. The Morgan fingerprint density at radius 2 is 1.02 bits per heavy atom. The van der Waals surface area contributed by atoms with Crippen LogP contribution in [0.25, 0.3) is 0 Å². The fraction of sp³-hybridized carbons (Fsp3) is 0.282. The Morgan fingerprint density at radius 3 is 1.50 bits per heavy atom. The molecule has 7 heteroatoms. The van der Waals surface area contributed by atoms with E-state index in [0.29, 0.717) is 32.2 Å². The van der Waals surface area contributed by atoms with E-state index in [1.165, 1.54) is 0 Å². The van der Waals surface area contributed by atoms with E-state index >= 15 is 0 Å². The first kappa shape index (κ1) is 31.9. The molecule has 0 spiro atoms. The van der Waals surface area contributed by atoms with E-state index in [2.05, 4.69) is 0 Å². The summed E-state index contributed by atoms with van der Waals surface area (Å²) in [5.74, 6) is -0.983. The lowest BCUT2D eigenvalue weighted by molar-refractivity contribution is -0.390. The predicted molar refractivity (Wildman–Crippen MR) is 173 cm³/mol. The zero-order valence-corrected chi connectivity index (χ0v) is 26.0. The number of methoxy groups -OCH3 is 1. The molecule has 1 fully saturated rings. The smallest absolute Gasteiger partial charge is 0.258 e. The molecule has 1 aliphatic rings. The molecule has 5 aromatic rings. The largest absolute Gasteiger partial charge is 0.463 e. The molecule has 0 aliphatic carbocycles. The second kappa shape index (κ2) is 16.0. The molecule has 7 nitrogen and oxygen atoms in total. The number of benzene rings is 4. The zero-order chi connectivity index (χ0) is 31.4. The summed E-state index contributed by atoms with van der Waals surface area (Å²) < 4.78 is 45.8. The highest BCUT2D eigenvalue weighted by Gasteiger charge is 2.60. The third-order valence-corrected chi connectivity index (χ3v) is 8.09. The third kappa shape index (κ3) is 7.82. The topological polar surface area (TPSA) is 68.5 Å². The minimum atomic E-state index is -1.45. The fourth-order valence-corrected chi connectivity index (χ4v) is 5.78. The third-order valence-electron chi connectivity index (χ3n) is 8.09. The van der Waals surface area contributed by atoms with Crippen LogP contribution in [0.3, 0.4) is 0 Å². The molecule has 1 aromatic heterocycles. The number of hydrogen-bond donors (Lipinski definition) is 0. The van der Waals surface area contributed by atoms with Crippen molar-refractivity contribution in [3.05, 3.63) is 168 Å². The molecule has 46 heavy (non-hydrogen) atoms. The predicted octanol–water partition coefficient (Wildman–Crippen LogP) is 7.45. The lowest BCUT2D eigenvalue weighted by Crippen LogP contribution is -2.66. The fourth-order valence-electron chi connectivity index (χ4n) is 5.78. The highest BCUT2D eigenvalue weighted by atomic mass is 16.7. The van der Waals surface area contributed by atoms with Crippen LogP contribution in [0.2, 0.25) is 0 Å². The van der Waals surface area contributed by atoms with E-state index < -0.39 is 30.2 Å². The van der Waals surface area contributed by atoms with Gasteiger partial charge in [-0.05, 0) is 34.4 Å². The van der Waals surface area contributed by atoms with Crippen LogP contribution >= 0.6 is 0 Å². The van der Waals surface area contributed by atoms with Gasteiger partial charge in [-0.1, -0.05) is 121 Å². The van der Waals surface area contributed by atoms with Gasteiger partial charge in [-0.15, -0.1) is 0 Å². The van der Waals surface area contributed by atoms with Crippen molar-refractivity contribution >= 4 is 0 Å². The molecule has 0 radical (unpaired) electrons. The number of rotatable bonds is 15. The summed E-state index contributed by atoms with van der Waals surface area (Å²) in [5, 5.41) is 0. The quantitative estimate of drug-likeness (QED) is 0.120. The van der Waals surface area contributed by atoms with Crippen molar-refractivity contribution in [3.63, 3.8) is 0 Å². The van der Waals surface area contributed by atoms with Crippen LogP contribution < -0.4 is 0 Å². The van der Waals surface area contributed by atoms with Crippen LogP contribution in [0.5, 0.6) is 0 Å². The summed E-state index contributed by atoms with van der Waals surface area (Å²) in [6.07, 6.45) is -1.00. The van der Waals surface area contributed by atoms with Crippen molar-refractivity contribution in [2.45, 2.75) is 56.6 Å². The van der Waals surface area contributed by atoms with Crippen LogP contribution in [-0.2, 0) is 60.6 Å². The molecule has 1 saturated heterocycles. The van der Waals surface area contributed by atoms with E-state index in [0.717, 1.165) is 22.3 Å². The SMILES string of the molecule is CO[C@@]1(c2ccco2)O[C@H](COCc2ccccc2)[C@@H](OCc2ccccc2)[C@H](OCc2ccccc2)[C@@H]1OCc1ccccc1. The van der Waals surface area contributed by atoms with E-state index in [1.807, 2.05) is 133 Å². The molecule has 0 amide bonds. The van der Waals surface area contributed by atoms with Crippen LogP contribution in [0.15, 0.2) is 144 Å². The number of furan rings is 1. The van der Waals surface area contributed by atoms with Gasteiger partial charge in [0.25, 0.3) is 5.79 Å².